The molecule has 2 aromatic rings. The molecule has 1 amide bonds. The van der Waals surface area contributed by atoms with Crippen LogP contribution in [0.15, 0.2) is 23.3 Å². The summed E-state index contributed by atoms with van der Waals surface area (Å²) in [5.41, 5.74) is 0.405. The molecule has 1 aliphatic rings. The molecule has 1 aliphatic heterocycles. The molecule has 1 aromatic carbocycles. The van der Waals surface area contributed by atoms with Gasteiger partial charge in [0.1, 0.15) is 0 Å². The number of amides is 1. The third-order valence-electron chi connectivity index (χ3n) is 5.98. The summed E-state index contributed by atoms with van der Waals surface area (Å²) in [5.74, 6) is 1.89. The average molecular weight is 431 g/mol. The van der Waals surface area contributed by atoms with Crippen LogP contribution in [-0.2, 0) is 11.3 Å². The predicted molar refractivity (Wildman–Crippen MR) is 121 cm³/mol. The Morgan fingerprint density at radius 3 is 2.55 bits per heavy atom. The van der Waals surface area contributed by atoms with E-state index in [0.717, 1.165) is 18.9 Å². The largest absolute Gasteiger partial charge is 0.493 e. The summed E-state index contributed by atoms with van der Waals surface area (Å²) in [4.78, 5) is 31.7. The number of methoxy groups -OCH3 is 2. The fourth-order valence-corrected chi connectivity index (χ4v) is 3.96. The normalized spacial score (nSPS) is 15.2. The first-order valence-corrected chi connectivity index (χ1v) is 11.1. The van der Waals surface area contributed by atoms with Crippen LogP contribution in [0.4, 0.5) is 0 Å². The monoisotopic (exact) mass is 430 g/mol. The Kier molecular flexibility index (Phi) is 8.28. The van der Waals surface area contributed by atoms with E-state index in [4.69, 9.17) is 9.47 Å². The van der Waals surface area contributed by atoms with Gasteiger partial charge in [0.2, 0.25) is 5.91 Å². The maximum atomic E-state index is 12.8. The van der Waals surface area contributed by atoms with Gasteiger partial charge in [0.05, 0.1) is 31.4 Å². The molecule has 1 saturated heterocycles. The van der Waals surface area contributed by atoms with Gasteiger partial charge >= 0.3 is 0 Å². The van der Waals surface area contributed by atoms with Crippen molar-refractivity contribution < 1.29 is 14.3 Å². The minimum atomic E-state index is -0.151. The van der Waals surface area contributed by atoms with Crippen LogP contribution in [0.3, 0.4) is 0 Å². The number of aryl methyl sites for hydroxylation is 1. The zero-order valence-corrected chi connectivity index (χ0v) is 18.9. The van der Waals surface area contributed by atoms with Crippen LogP contribution in [0.2, 0.25) is 0 Å². The quantitative estimate of drug-likeness (QED) is 0.583. The Morgan fingerprint density at radius 1 is 1.13 bits per heavy atom. The molecule has 2 heterocycles. The third-order valence-corrected chi connectivity index (χ3v) is 5.98. The van der Waals surface area contributed by atoms with Crippen molar-refractivity contribution in [3.05, 3.63) is 28.8 Å². The Bertz CT molecular complexity index is 935. The number of aromatic nitrogens is 2. The van der Waals surface area contributed by atoms with Gasteiger partial charge in [0, 0.05) is 25.6 Å². The standard InChI is InChI=1S/C23H34N4O4/c1-17-7-12-26(13-8-17)10-5-9-24-22(28)6-4-11-27-16-25-19-15-21(31-3)20(30-2)14-18(19)23(27)29/h14-17H,4-13H2,1-3H3,(H,24,28). The summed E-state index contributed by atoms with van der Waals surface area (Å²) in [6, 6.07) is 3.34. The van der Waals surface area contributed by atoms with Gasteiger partial charge in [0.25, 0.3) is 5.56 Å². The van der Waals surface area contributed by atoms with Gasteiger partial charge in [-0.3, -0.25) is 14.2 Å². The van der Waals surface area contributed by atoms with Gasteiger partial charge in [0.15, 0.2) is 11.5 Å². The van der Waals surface area contributed by atoms with E-state index in [0.29, 0.717) is 48.3 Å². The summed E-state index contributed by atoms with van der Waals surface area (Å²) in [6.45, 7) is 6.83. The fourth-order valence-electron chi connectivity index (χ4n) is 3.96. The minimum absolute atomic E-state index is 0.0282. The van der Waals surface area contributed by atoms with Gasteiger partial charge < -0.3 is 19.7 Å². The van der Waals surface area contributed by atoms with Crippen molar-refractivity contribution in [3.63, 3.8) is 0 Å². The van der Waals surface area contributed by atoms with Crippen molar-refractivity contribution in [1.29, 1.82) is 0 Å². The second kappa shape index (κ2) is 11.1. The molecule has 1 N–H and O–H groups in total. The number of hydrogen-bond donors (Lipinski definition) is 1. The van der Waals surface area contributed by atoms with E-state index in [1.807, 2.05) is 0 Å². The van der Waals surface area contributed by atoms with Crippen LogP contribution in [0, 0.1) is 5.92 Å². The third kappa shape index (κ3) is 6.19. The summed E-state index contributed by atoms with van der Waals surface area (Å²) < 4.78 is 12.1. The van der Waals surface area contributed by atoms with Crippen molar-refractivity contribution in [3.8, 4) is 11.5 Å². The Hall–Kier alpha value is -2.61. The maximum absolute atomic E-state index is 12.8. The predicted octanol–water partition coefficient (Wildman–Crippen LogP) is 2.43. The molecule has 0 spiro atoms. The van der Waals surface area contributed by atoms with Crippen molar-refractivity contribution in [2.75, 3.05) is 40.4 Å². The number of carbonyl (C=O) groups excluding carboxylic acids is 1. The van der Waals surface area contributed by atoms with Crippen molar-refractivity contribution in [1.82, 2.24) is 19.8 Å². The summed E-state index contributed by atoms with van der Waals surface area (Å²) in [7, 11) is 3.08. The molecule has 31 heavy (non-hydrogen) atoms. The second-order valence-corrected chi connectivity index (χ2v) is 8.30. The van der Waals surface area contributed by atoms with Crippen LogP contribution in [-0.4, -0.2) is 60.8 Å². The minimum Gasteiger partial charge on any atom is -0.493 e. The first-order valence-electron chi connectivity index (χ1n) is 11.1. The number of piperidine rings is 1. The summed E-state index contributed by atoms with van der Waals surface area (Å²) in [6.07, 6.45) is 6.01. The first-order chi connectivity index (χ1) is 15.0. The van der Waals surface area contributed by atoms with Gasteiger partial charge in [-0.1, -0.05) is 6.92 Å². The average Bonchev–Trinajstić information content (AvgIpc) is 2.78. The van der Waals surface area contributed by atoms with Gasteiger partial charge in [-0.25, -0.2) is 4.98 Å². The highest BCUT2D eigenvalue weighted by molar-refractivity contribution is 5.81. The molecule has 8 nitrogen and oxygen atoms in total. The fraction of sp³-hybridized carbons (Fsp3) is 0.609. The van der Waals surface area contributed by atoms with Crippen LogP contribution >= 0.6 is 0 Å². The number of hydrogen-bond acceptors (Lipinski definition) is 6. The van der Waals surface area contributed by atoms with Crippen LogP contribution in [0.1, 0.15) is 39.0 Å². The van der Waals surface area contributed by atoms with E-state index in [9.17, 15) is 9.59 Å². The van der Waals surface area contributed by atoms with Gasteiger partial charge in [-0.15, -0.1) is 0 Å². The molecule has 0 saturated carbocycles. The molecule has 0 radical (unpaired) electrons. The number of ether oxygens (including phenoxy) is 2. The molecule has 8 heteroatoms. The molecule has 0 bridgehead atoms. The molecule has 3 rings (SSSR count). The van der Waals surface area contributed by atoms with E-state index in [1.54, 1.807) is 23.8 Å². The lowest BCUT2D eigenvalue weighted by Crippen LogP contribution is -2.35. The highest BCUT2D eigenvalue weighted by atomic mass is 16.5. The molecule has 0 aliphatic carbocycles. The zero-order valence-electron chi connectivity index (χ0n) is 18.9. The van der Waals surface area contributed by atoms with E-state index in [-0.39, 0.29) is 11.5 Å². The lowest BCUT2D eigenvalue weighted by Gasteiger charge is -2.30. The SMILES string of the molecule is COc1cc2ncn(CCCC(=O)NCCCN3CCC(C)CC3)c(=O)c2cc1OC. The van der Waals surface area contributed by atoms with Crippen molar-refractivity contribution in [2.45, 2.75) is 45.6 Å². The summed E-state index contributed by atoms with van der Waals surface area (Å²) >= 11 is 0. The number of benzene rings is 1. The Morgan fingerprint density at radius 2 is 1.84 bits per heavy atom. The number of nitrogens with zero attached hydrogens (tertiary/aromatic N) is 3. The highest BCUT2D eigenvalue weighted by Gasteiger charge is 2.15. The van der Waals surface area contributed by atoms with Crippen molar-refractivity contribution in [2.24, 2.45) is 5.92 Å². The summed E-state index contributed by atoms with van der Waals surface area (Å²) in [5, 5.41) is 3.46. The smallest absolute Gasteiger partial charge is 0.261 e. The zero-order chi connectivity index (χ0) is 22.2. The molecule has 0 atom stereocenters. The molecule has 1 aromatic heterocycles. The molecule has 1 fully saturated rings. The molecule has 170 valence electrons. The second-order valence-electron chi connectivity index (χ2n) is 8.30. The number of likely N-dealkylation sites (tertiary alicyclic amines) is 1. The van der Waals surface area contributed by atoms with Crippen LogP contribution in [0.25, 0.3) is 10.9 Å². The Balaban J connectivity index is 1.44. The number of fused-ring (bicyclic) bond motifs is 1. The first kappa shape index (κ1) is 23.1. The van der Waals surface area contributed by atoms with Crippen LogP contribution < -0.4 is 20.3 Å². The van der Waals surface area contributed by atoms with Crippen LogP contribution in [0.5, 0.6) is 11.5 Å². The lowest BCUT2D eigenvalue weighted by molar-refractivity contribution is -0.121. The van der Waals surface area contributed by atoms with Gasteiger partial charge in [-0.2, -0.15) is 0 Å². The maximum Gasteiger partial charge on any atom is 0.261 e. The van der Waals surface area contributed by atoms with Crippen molar-refractivity contribution >= 4 is 16.8 Å². The number of nitrogens with one attached hydrogen (secondary N) is 1. The molecular weight excluding hydrogens is 396 g/mol. The Labute approximate surface area is 183 Å². The van der Waals surface area contributed by atoms with E-state index >= 15 is 0 Å². The molecular formula is C23H34N4O4. The molecule has 0 unspecified atom stereocenters. The van der Waals surface area contributed by atoms with E-state index in [1.165, 1.54) is 39.4 Å². The topological polar surface area (TPSA) is 85.7 Å². The van der Waals surface area contributed by atoms with Gasteiger partial charge in [-0.05, 0) is 57.3 Å². The lowest BCUT2D eigenvalue weighted by atomic mass is 9.99. The van der Waals surface area contributed by atoms with E-state index < -0.39 is 0 Å². The van der Waals surface area contributed by atoms with E-state index in [2.05, 4.69) is 22.1 Å². The number of rotatable bonds is 10. The highest BCUT2D eigenvalue weighted by Crippen LogP contribution is 2.29. The number of carbonyl (C=O) groups is 1.